The molecule has 1 aliphatic carbocycles. The highest BCUT2D eigenvalue weighted by Gasteiger charge is 2.23. The summed E-state index contributed by atoms with van der Waals surface area (Å²) in [5, 5.41) is 2.95. The highest BCUT2D eigenvalue weighted by molar-refractivity contribution is 6.18. The maximum Gasteiger partial charge on any atom is 0.263 e. The largest absolute Gasteiger partial charge is 0.344 e. The molecule has 3 rings (SSSR count). The van der Waals surface area contributed by atoms with Crippen molar-refractivity contribution in [2.75, 3.05) is 5.88 Å². The van der Waals surface area contributed by atoms with Crippen LogP contribution in [0.25, 0.3) is 0 Å². The molecule has 1 heterocycles. The van der Waals surface area contributed by atoms with E-state index in [1.54, 1.807) is 0 Å². The van der Waals surface area contributed by atoms with Gasteiger partial charge in [0.25, 0.3) is 11.5 Å². The van der Waals surface area contributed by atoms with Gasteiger partial charge in [-0.3, -0.25) is 9.59 Å². The molecule has 1 aromatic carbocycles. The Morgan fingerprint density at radius 3 is 2.67 bits per heavy atom. The Labute approximate surface area is 165 Å². The summed E-state index contributed by atoms with van der Waals surface area (Å²) in [7, 11) is 0. The second-order valence-electron chi connectivity index (χ2n) is 7.14. The van der Waals surface area contributed by atoms with E-state index >= 15 is 0 Å². The van der Waals surface area contributed by atoms with Gasteiger partial charge in [-0.15, -0.1) is 11.6 Å². The Kier molecular flexibility index (Phi) is 6.73. The number of amides is 1. The number of fused-ring (bicyclic) bond motifs is 1. The first-order valence-electron chi connectivity index (χ1n) is 9.83. The van der Waals surface area contributed by atoms with E-state index in [2.05, 4.69) is 12.2 Å². The third-order valence-electron chi connectivity index (χ3n) is 5.24. The summed E-state index contributed by atoms with van der Waals surface area (Å²) in [6, 6.07) is 11.1. The van der Waals surface area contributed by atoms with Crippen molar-refractivity contribution in [3.63, 3.8) is 0 Å². The summed E-state index contributed by atoms with van der Waals surface area (Å²) in [4.78, 5) is 26.0. The van der Waals surface area contributed by atoms with Crippen molar-refractivity contribution in [1.29, 1.82) is 0 Å². The zero-order chi connectivity index (χ0) is 19.2. The van der Waals surface area contributed by atoms with Gasteiger partial charge in [0.2, 0.25) is 0 Å². The van der Waals surface area contributed by atoms with Crippen molar-refractivity contribution in [1.82, 2.24) is 9.88 Å². The molecular formula is C22H27ClN2O2. The van der Waals surface area contributed by atoms with Crippen LogP contribution in [0.15, 0.2) is 41.2 Å². The van der Waals surface area contributed by atoms with E-state index in [4.69, 9.17) is 11.6 Å². The van der Waals surface area contributed by atoms with Crippen LogP contribution in [-0.2, 0) is 19.4 Å². The molecule has 4 nitrogen and oxygen atoms in total. The van der Waals surface area contributed by atoms with Gasteiger partial charge in [0.1, 0.15) is 5.56 Å². The second-order valence-corrected chi connectivity index (χ2v) is 7.45. The molecule has 0 radical (unpaired) electrons. The molecule has 2 aromatic rings. The molecule has 5 heteroatoms. The predicted molar refractivity (Wildman–Crippen MR) is 110 cm³/mol. The molecule has 1 aromatic heterocycles. The van der Waals surface area contributed by atoms with Gasteiger partial charge in [0.05, 0.1) is 6.04 Å². The van der Waals surface area contributed by atoms with Crippen LogP contribution >= 0.6 is 11.6 Å². The number of hydrogen-bond donors (Lipinski definition) is 1. The molecule has 0 unspecified atom stereocenters. The molecule has 1 aliphatic rings. The molecular weight excluding hydrogens is 360 g/mol. The van der Waals surface area contributed by atoms with E-state index in [1.165, 1.54) is 0 Å². The monoisotopic (exact) mass is 386 g/mol. The van der Waals surface area contributed by atoms with Crippen LogP contribution in [-0.4, -0.2) is 16.4 Å². The third-order valence-corrected chi connectivity index (χ3v) is 5.55. The van der Waals surface area contributed by atoms with E-state index < -0.39 is 0 Å². The first kappa shape index (κ1) is 19.7. The molecule has 1 N–H and O–H groups in total. The molecule has 0 bridgehead atoms. The van der Waals surface area contributed by atoms with E-state index in [0.717, 1.165) is 55.3 Å². The van der Waals surface area contributed by atoms with E-state index in [-0.39, 0.29) is 29.0 Å². The van der Waals surface area contributed by atoms with Gasteiger partial charge in [-0.1, -0.05) is 43.7 Å². The average molecular weight is 387 g/mol. The number of aromatic nitrogens is 1. The number of halogens is 1. The Bertz CT molecular complexity index is 845. The zero-order valence-corrected chi connectivity index (χ0v) is 16.6. The minimum Gasteiger partial charge on any atom is -0.344 e. The second kappa shape index (κ2) is 9.23. The van der Waals surface area contributed by atoms with Crippen molar-refractivity contribution in [2.24, 2.45) is 0 Å². The summed E-state index contributed by atoms with van der Waals surface area (Å²) >= 11 is 6.09. The lowest BCUT2D eigenvalue weighted by atomic mass is 9.94. The smallest absolute Gasteiger partial charge is 0.263 e. The summed E-state index contributed by atoms with van der Waals surface area (Å²) in [5.41, 5.74) is 3.25. The molecule has 0 saturated heterocycles. The van der Waals surface area contributed by atoms with Gasteiger partial charge in [-0.05, 0) is 49.3 Å². The topological polar surface area (TPSA) is 51.1 Å². The first-order chi connectivity index (χ1) is 13.2. The summed E-state index contributed by atoms with van der Waals surface area (Å²) in [6.45, 7) is 2.79. The summed E-state index contributed by atoms with van der Waals surface area (Å²) in [5.74, 6) is -0.0850. The molecule has 0 saturated carbocycles. The minimum atomic E-state index is -0.340. The third kappa shape index (κ3) is 4.44. The molecule has 1 amide bonds. The lowest BCUT2D eigenvalue weighted by Gasteiger charge is -2.23. The van der Waals surface area contributed by atoms with Crippen molar-refractivity contribution in [2.45, 2.75) is 58.0 Å². The number of benzene rings is 1. The summed E-state index contributed by atoms with van der Waals surface area (Å²) in [6.07, 6.45) is 6.01. The maximum absolute atomic E-state index is 13.1. The minimum absolute atomic E-state index is 0.178. The van der Waals surface area contributed by atoms with Crippen LogP contribution in [0.5, 0.6) is 0 Å². The van der Waals surface area contributed by atoms with Crippen LogP contribution in [0.3, 0.4) is 0 Å². The number of carbonyl (C=O) groups is 1. The lowest BCUT2D eigenvalue weighted by Crippen LogP contribution is -2.37. The molecule has 0 fully saturated rings. The first-order valence-corrected chi connectivity index (χ1v) is 10.4. The van der Waals surface area contributed by atoms with Crippen LogP contribution in [0.1, 0.15) is 65.8 Å². The Hall–Kier alpha value is -2.07. The standard InChI is InChI=1S/C22H27ClN2O2/c1-2-3-13-25-20-12-8-7-11-17(20)14-18(22(25)27)21(26)24-19(15-23)16-9-5-4-6-10-16/h4-6,9-10,14,19H,2-3,7-8,11-13,15H2,1H3,(H,24,26)/t19-/m1/s1. The number of rotatable bonds is 7. The number of alkyl halides is 1. The number of aryl methyl sites for hydroxylation is 1. The predicted octanol–water partition coefficient (Wildman–Crippen LogP) is 4.24. The number of carbonyl (C=O) groups excluding carboxylic acids is 1. The van der Waals surface area contributed by atoms with Crippen LogP contribution < -0.4 is 10.9 Å². The number of hydrogen-bond acceptors (Lipinski definition) is 2. The van der Waals surface area contributed by atoms with Crippen molar-refractivity contribution < 1.29 is 4.79 Å². The molecule has 0 spiro atoms. The van der Waals surface area contributed by atoms with Gasteiger partial charge >= 0.3 is 0 Å². The fourth-order valence-corrected chi connectivity index (χ4v) is 3.98. The number of unbranched alkanes of at least 4 members (excludes halogenated alkanes) is 1. The van der Waals surface area contributed by atoms with E-state index in [9.17, 15) is 9.59 Å². The van der Waals surface area contributed by atoms with Crippen LogP contribution in [0.4, 0.5) is 0 Å². The molecule has 144 valence electrons. The Morgan fingerprint density at radius 1 is 1.22 bits per heavy atom. The number of pyridine rings is 1. The molecule has 27 heavy (non-hydrogen) atoms. The van der Waals surface area contributed by atoms with E-state index in [1.807, 2.05) is 41.0 Å². The van der Waals surface area contributed by atoms with Gasteiger partial charge in [-0.25, -0.2) is 0 Å². The Balaban J connectivity index is 1.93. The van der Waals surface area contributed by atoms with Gasteiger partial charge in [0, 0.05) is 18.1 Å². The fraction of sp³-hybridized carbons (Fsp3) is 0.455. The molecule has 1 atom stereocenters. The van der Waals surface area contributed by atoms with Crippen LogP contribution in [0.2, 0.25) is 0 Å². The zero-order valence-electron chi connectivity index (χ0n) is 15.8. The number of nitrogens with one attached hydrogen (secondary N) is 1. The van der Waals surface area contributed by atoms with Gasteiger partial charge in [0.15, 0.2) is 0 Å². The SMILES string of the molecule is CCCCn1c2c(cc(C(=O)N[C@H](CCl)c3ccccc3)c1=O)CCCC2. The molecule has 0 aliphatic heterocycles. The number of nitrogens with zero attached hydrogens (tertiary/aromatic N) is 1. The quantitative estimate of drug-likeness (QED) is 0.723. The average Bonchev–Trinajstić information content (AvgIpc) is 2.71. The van der Waals surface area contributed by atoms with Crippen molar-refractivity contribution in [3.05, 3.63) is 69.1 Å². The summed E-state index contributed by atoms with van der Waals surface area (Å²) < 4.78 is 1.84. The fourth-order valence-electron chi connectivity index (χ4n) is 3.73. The van der Waals surface area contributed by atoms with Crippen LogP contribution in [0, 0.1) is 0 Å². The maximum atomic E-state index is 13.1. The van der Waals surface area contributed by atoms with Gasteiger partial charge in [-0.2, -0.15) is 0 Å². The van der Waals surface area contributed by atoms with Crippen molar-refractivity contribution >= 4 is 17.5 Å². The van der Waals surface area contributed by atoms with Gasteiger partial charge < -0.3 is 9.88 Å². The lowest BCUT2D eigenvalue weighted by molar-refractivity contribution is 0.0938. The highest BCUT2D eigenvalue weighted by atomic mass is 35.5. The normalized spacial score (nSPS) is 14.4. The van der Waals surface area contributed by atoms with E-state index in [0.29, 0.717) is 6.54 Å². The Morgan fingerprint density at radius 2 is 1.96 bits per heavy atom. The highest BCUT2D eigenvalue weighted by Crippen LogP contribution is 2.22. The van der Waals surface area contributed by atoms with Crippen molar-refractivity contribution in [3.8, 4) is 0 Å².